The second-order valence-corrected chi connectivity index (χ2v) is 9.45. The number of benzene rings is 2. The number of aromatic nitrogens is 2. The number of halogens is 3. The van der Waals surface area contributed by atoms with Crippen LogP contribution in [0.4, 0.5) is 11.4 Å². The largest absolute Gasteiger partial charge is 0.385 e. The monoisotopic (exact) mass is 534 g/mol. The van der Waals surface area contributed by atoms with E-state index < -0.39 is 0 Å². The number of rotatable bonds is 12. The zero-order chi connectivity index (χ0) is 20.3. The molecule has 32 heavy (non-hydrogen) atoms. The van der Waals surface area contributed by atoms with E-state index in [4.69, 9.17) is 0 Å². The summed E-state index contributed by atoms with van der Waals surface area (Å²) in [5.41, 5.74) is 5.10. The summed E-state index contributed by atoms with van der Waals surface area (Å²) >= 11 is 4.01. The Morgan fingerprint density at radius 3 is 1.62 bits per heavy atom. The van der Waals surface area contributed by atoms with E-state index in [-0.39, 0.29) is 37.2 Å². The van der Waals surface area contributed by atoms with Gasteiger partial charge in [-0.3, -0.25) is 0 Å². The average Bonchev–Trinajstić information content (AvgIpc) is 3.26. The predicted octanol–water partition coefficient (Wildman–Crippen LogP) is 7.21. The summed E-state index contributed by atoms with van der Waals surface area (Å²) in [7, 11) is 0. The first-order valence-corrected chi connectivity index (χ1v) is 12.2. The molecule has 0 radical (unpaired) electrons. The van der Waals surface area contributed by atoms with Gasteiger partial charge in [0, 0.05) is 54.9 Å². The molecule has 2 aromatic carbocycles. The normalized spacial score (nSPS) is 9.97. The molecule has 4 nitrogen and oxygen atoms in total. The van der Waals surface area contributed by atoms with Crippen LogP contribution in [-0.2, 0) is 18.1 Å². The lowest BCUT2D eigenvalue weighted by Crippen LogP contribution is -2.09. The van der Waals surface area contributed by atoms with E-state index in [1.807, 2.05) is 42.2 Å². The molecular weight excluding hydrogens is 503 g/mol. The van der Waals surface area contributed by atoms with Crippen molar-refractivity contribution in [3.63, 3.8) is 0 Å². The third kappa shape index (κ3) is 10.6. The van der Waals surface area contributed by atoms with Crippen LogP contribution in [0.25, 0.3) is 0 Å². The van der Waals surface area contributed by atoms with Gasteiger partial charge in [-0.1, -0.05) is 24.3 Å². The van der Waals surface area contributed by atoms with Crippen LogP contribution < -0.4 is 10.6 Å². The number of nitrogens with zero attached hydrogens (tertiary/aromatic N) is 2. The maximum atomic E-state index is 4.20. The lowest BCUT2D eigenvalue weighted by Gasteiger charge is -2.17. The topological polar surface area (TPSA) is 41.9 Å². The van der Waals surface area contributed by atoms with Gasteiger partial charge in [0.25, 0.3) is 0 Å². The van der Waals surface area contributed by atoms with Crippen molar-refractivity contribution in [3.8, 4) is 0 Å². The molecule has 0 saturated carbocycles. The molecule has 0 spiro atoms. The van der Waals surface area contributed by atoms with E-state index in [9.17, 15) is 0 Å². The molecule has 0 unspecified atom stereocenters. The molecule has 1 heterocycles. The van der Waals surface area contributed by atoms with Crippen molar-refractivity contribution in [2.45, 2.75) is 36.5 Å². The van der Waals surface area contributed by atoms with Gasteiger partial charge < -0.3 is 15.2 Å². The number of hydrogen-bond donors (Lipinski definition) is 2. The third-order valence-electron chi connectivity index (χ3n) is 4.46. The smallest absolute Gasteiger partial charge is 0.0946 e. The van der Waals surface area contributed by atoms with Crippen molar-refractivity contribution < 1.29 is 0 Å². The first-order valence-electron chi connectivity index (χ1n) is 10.1. The fraction of sp³-hybridized carbons (Fsp3) is 0.348. The minimum absolute atomic E-state index is 0. The van der Waals surface area contributed by atoms with E-state index in [1.54, 1.807) is 0 Å². The number of nitrogens with one attached hydrogen (secondary N) is 2. The van der Waals surface area contributed by atoms with Gasteiger partial charge in [0.1, 0.15) is 0 Å². The molecule has 1 aromatic heterocycles. The number of thioether (sulfide) groups is 2. The highest BCUT2D eigenvalue weighted by atomic mass is 35.5. The van der Waals surface area contributed by atoms with E-state index in [0.717, 1.165) is 31.1 Å². The highest BCUT2D eigenvalue weighted by Crippen LogP contribution is 2.31. The van der Waals surface area contributed by atoms with Crippen LogP contribution in [0.2, 0.25) is 0 Å². The SMILES string of the molecule is CCNc1ccc(CSC(Cn2ccnc2)SCc2ccc(NCC)cc2)cc1.Cl.Cl.Cl. The van der Waals surface area contributed by atoms with Crippen molar-refractivity contribution >= 4 is 72.1 Å². The van der Waals surface area contributed by atoms with Crippen LogP contribution in [0.5, 0.6) is 0 Å². The Hall–Kier alpha value is -1.18. The molecule has 0 aliphatic carbocycles. The predicted molar refractivity (Wildman–Crippen MR) is 152 cm³/mol. The Bertz CT molecular complexity index is 778. The number of anilines is 2. The molecule has 2 N–H and O–H groups in total. The molecule has 0 amide bonds. The van der Waals surface area contributed by atoms with Crippen LogP contribution in [0.3, 0.4) is 0 Å². The molecule has 0 fully saturated rings. The summed E-state index contributed by atoms with van der Waals surface area (Å²) in [6.45, 7) is 7.10. The van der Waals surface area contributed by atoms with Gasteiger partial charge in [-0.05, 0) is 49.2 Å². The van der Waals surface area contributed by atoms with Crippen molar-refractivity contribution in [2.24, 2.45) is 0 Å². The van der Waals surface area contributed by atoms with Gasteiger partial charge in [-0.2, -0.15) is 0 Å². The lowest BCUT2D eigenvalue weighted by molar-refractivity contribution is 0.750. The Morgan fingerprint density at radius 1 is 0.781 bits per heavy atom. The van der Waals surface area contributed by atoms with Gasteiger partial charge in [-0.15, -0.1) is 60.7 Å². The number of hydrogen-bond acceptors (Lipinski definition) is 5. The summed E-state index contributed by atoms with van der Waals surface area (Å²) in [5, 5.41) is 6.71. The molecule has 0 aliphatic rings. The summed E-state index contributed by atoms with van der Waals surface area (Å²) in [4.78, 5) is 4.20. The molecule has 9 heteroatoms. The van der Waals surface area contributed by atoms with E-state index in [0.29, 0.717) is 4.58 Å². The Morgan fingerprint density at radius 2 is 1.25 bits per heavy atom. The van der Waals surface area contributed by atoms with Crippen LogP contribution in [0.15, 0.2) is 67.3 Å². The average molecular weight is 536 g/mol. The summed E-state index contributed by atoms with van der Waals surface area (Å²) in [6.07, 6.45) is 5.81. The highest BCUT2D eigenvalue weighted by Gasteiger charge is 2.12. The van der Waals surface area contributed by atoms with Gasteiger partial charge in [0.05, 0.1) is 10.9 Å². The highest BCUT2D eigenvalue weighted by molar-refractivity contribution is 8.16. The summed E-state index contributed by atoms with van der Waals surface area (Å²) in [5.74, 6) is 2.02. The maximum absolute atomic E-state index is 4.20. The van der Waals surface area contributed by atoms with Gasteiger partial charge >= 0.3 is 0 Å². The molecule has 178 valence electrons. The standard InChI is InChI=1S/C23H30N4S2.3ClH/c1-3-25-21-9-5-19(6-10-21)16-28-23(15-27-14-13-24-18-27)29-17-20-7-11-22(12-8-20)26-4-2;;;/h5-14,18,23,25-26H,3-4,15-17H2,1-2H3;3*1H. The third-order valence-corrected chi connectivity index (χ3v) is 7.32. The molecule has 0 aliphatic heterocycles. The lowest BCUT2D eigenvalue weighted by atomic mass is 10.2. The first kappa shape index (κ1) is 30.8. The van der Waals surface area contributed by atoms with Gasteiger partial charge in [0.2, 0.25) is 0 Å². The first-order chi connectivity index (χ1) is 14.3. The second kappa shape index (κ2) is 17.3. The maximum Gasteiger partial charge on any atom is 0.0946 e. The molecule has 3 aromatic rings. The molecule has 0 saturated heterocycles. The molecule has 0 atom stereocenters. The Kier molecular flexibility index (Phi) is 16.7. The van der Waals surface area contributed by atoms with Crippen molar-refractivity contribution in [3.05, 3.63) is 78.4 Å². The van der Waals surface area contributed by atoms with Crippen LogP contribution in [0, 0.1) is 0 Å². The Balaban J connectivity index is 0.00000320. The van der Waals surface area contributed by atoms with Crippen LogP contribution in [0.1, 0.15) is 25.0 Å². The fourth-order valence-electron chi connectivity index (χ4n) is 2.94. The van der Waals surface area contributed by atoms with E-state index in [1.165, 1.54) is 22.5 Å². The van der Waals surface area contributed by atoms with Gasteiger partial charge in [-0.25, -0.2) is 4.98 Å². The summed E-state index contributed by atoms with van der Waals surface area (Å²) < 4.78 is 2.64. The molecule has 0 bridgehead atoms. The van der Waals surface area contributed by atoms with Crippen LogP contribution in [-0.4, -0.2) is 27.2 Å². The van der Waals surface area contributed by atoms with Crippen LogP contribution >= 0.6 is 60.7 Å². The zero-order valence-corrected chi connectivity index (χ0v) is 22.5. The quantitative estimate of drug-likeness (QED) is 0.240. The number of imidazole rings is 1. The van der Waals surface area contributed by atoms with E-state index in [2.05, 4.69) is 82.6 Å². The second-order valence-electron chi connectivity index (χ2n) is 6.77. The van der Waals surface area contributed by atoms with E-state index >= 15 is 0 Å². The fourth-order valence-corrected chi connectivity index (χ4v) is 5.43. The molecular formula is C23H33Cl3N4S2. The van der Waals surface area contributed by atoms with Crippen molar-refractivity contribution in [1.82, 2.24) is 9.55 Å². The van der Waals surface area contributed by atoms with Crippen molar-refractivity contribution in [2.75, 3.05) is 23.7 Å². The van der Waals surface area contributed by atoms with Gasteiger partial charge in [0.15, 0.2) is 0 Å². The van der Waals surface area contributed by atoms with Crippen molar-refractivity contribution in [1.29, 1.82) is 0 Å². The minimum Gasteiger partial charge on any atom is -0.385 e. The minimum atomic E-state index is 0. The summed E-state index contributed by atoms with van der Waals surface area (Å²) in [6, 6.07) is 17.6. The molecule has 3 rings (SSSR count). The zero-order valence-electron chi connectivity index (χ0n) is 18.4. The Labute approximate surface area is 219 Å².